The molecule has 29 heavy (non-hydrogen) atoms. The van der Waals surface area contributed by atoms with Crippen LogP contribution < -0.4 is 5.32 Å². The van der Waals surface area contributed by atoms with E-state index in [1.807, 2.05) is 36.4 Å². The smallest absolute Gasteiger partial charge is 0.339 e. The van der Waals surface area contributed by atoms with Crippen LogP contribution in [0.4, 0.5) is 11.5 Å². The number of benzene rings is 3. The molecule has 4 heteroatoms. The Balaban J connectivity index is 1.50. The summed E-state index contributed by atoms with van der Waals surface area (Å²) in [5.41, 5.74) is 4.36. The lowest BCUT2D eigenvalue weighted by atomic mass is 10.0. The van der Waals surface area contributed by atoms with Gasteiger partial charge in [0.2, 0.25) is 0 Å². The van der Waals surface area contributed by atoms with E-state index in [-0.39, 0.29) is 5.56 Å². The number of carboxylic acids is 1. The highest BCUT2D eigenvalue weighted by Crippen LogP contribution is 2.40. The van der Waals surface area contributed by atoms with Crippen molar-refractivity contribution in [3.63, 3.8) is 0 Å². The molecule has 0 unspecified atom stereocenters. The molecular formula is C25H20N2O2. The summed E-state index contributed by atoms with van der Waals surface area (Å²) in [7, 11) is 0. The highest BCUT2D eigenvalue weighted by atomic mass is 16.4. The second kappa shape index (κ2) is 7.06. The molecule has 4 aromatic rings. The lowest BCUT2D eigenvalue weighted by Gasteiger charge is -2.11. The minimum Gasteiger partial charge on any atom is -0.478 e. The fourth-order valence-electron chi connectivity index (χ4n) is 3.65. The number of hydrogen-bond donors (Lipinski definition) is 2. The fourth-order valence-corrected chi connectivity index (χ4v) is 3.65. The van der Waals surface area contributed by atoms with Gasteiger partial charge >= 0.3 is 5.97 Å². The third kappa shape index (κ3) is 3.57. The van der Waals surface area contributed by atoms with Crippen molar-refractivity contribution in [2.24, 2.45) is 0 Å². The van der Waals surface area contributed by atoms with Gasteiger partial charge in [0, 0.05) is 11.9 Å². The molecule has 3 aromatic carbocycles. The van der Waals surface area contributed by atoms with Crippen LogP contribution >= 0.6 is 0 Å². The summed E-state index contributed by atoms with van der Waals surface area (Å²) in [5, 5.41) is 15.0. The van der Waals surface area contributed by atoms with E-state index in [1.165, 1.54) is 5.56 Å². The van der Waals surface area contributed by atoms with E-state index in [0.29, 0.717) is 11.7 Å². The number of fused-ring (bicyclic) bond motifs is 1. The SMILES string of the molecule is O=C(O)c1cc(C2CC2)cnc1Nc1ccc2ccc(-c3ccccc3)cc2c1. The van der Waals surface area contributed by atoms with Crippen molar-refractivity contribution in [3.8, 4) is 11.1 Å². The summed E-state index contributed by atoms with van der Waals surface area (Å²) in [6.07, 6.45) is 4.02. The normalized spacial score (nSPS) is 13.4. The van der Waals surface area contributed by atoms with Crippen LogP contribution in [0.25, 0.3) is 21.9 Å². The monoisotopic (exact) mass is 380 g/mol. The molecule has 0 bridgehead atoms. The Bertz CT molecular complexity index is 1210. The maximum Gasteiger partial charge on any atom is 0.339 e. The minimum absolute atomic E-state index is 0.215. The highest BCUT2D eigenvalue weighted by molar-refractivity contribution is 5.95. The molecule has 0 aliphatic heterocycles. The third-order valence-corrected chi connectivity index (χ3v) is 5.40. The number of aromatic carboxylic acids is 1. The number of nitrogens with zero attached hydrogens (tertiary/aromatic N) is 1. The van der Waals surface area contributed by atoms with E-state index >= 15 is 0 Å². The van der Waals surface area contributed by atoms with Crippen molar-refractivity contribution >= 4 is 28.2 Å². The largest absolute Gasteiger partial charge is 0.478 e. The van der Waals surface area contributed by atoms with Gasteiger partial charge in [0.05, 0.1) is 0 Å². The molecule has 4 nitrogen and oxygen atoms in total. The molecule has 1 aliphatic rings. The number of pyridine rings is 1. The Labute approximate surface area is 168 Å². The van der Waals surface area contributed by atoms with Crippen LogP contribution in [-0.2, 0) is 0 Å². The molecule has 0 amide bonds. The van der Waals surface area contributed by atoms with Gasteiger partial charge in [0.15, 0.2) is 0 Å². The molecular weight excluding hydrogens is 360 g/mol. The number of hydrogen-bond acceptors (Lipinski definition) is 3. The number of anilines is 2. The van der Waals surface area contributed by atoms with E-state index in [4.69, 9.17) is 0 Å². The van der Waals surface area contributed by atoms with Crippen LogP contribution in [0.3, 0.4) is 0 Å². The lowest BCUT2D eigenvalue weighted by molar-refractivity contribution is 0.0697. The number of carboxylic acid groups (broad SMARTS) is 1. The van der Waals surface area contributed by atoms with E-state index in [9.17, 15) is 9.90 Å². The third-order valence-electron chi connectivity index (χ3n) is 5.40. The van der Waals surface area contributed by atoms with Gasteiger partial charge in [-0.15, -0.1) is 0 Å². The van der Waals surface area contributed by atoms with Crippen molar-refractivity contribution in [2.75, 3.05) is 5.32 Å². The van der Waals surface area contributed by atoms with Crippen molar-refractivity contribution in [3.05, 3.63) is 90.1 Å². The van der Waals surface area contributed by atoms with Crippen molar-refractivity contribution in [1.82, 2.24) is 4.98 Å². The van der Waals surface area contributed by atoms with E-state index in [1.54, 1.807) is 12.3 Å². The van der Waals surface area contributed by atoms with Gasteiger partial charge in [-0.3, -0.25) is 0 Å². The first-order valence-corrected chi connectivity index (χ1v) is 9.77. The maximum absolute atomic E-state index is 11.7. The standard InChI is InChI=1S/C25H20N2O2/c28-25(29)23-14-21(18-6-7-18)15-26-24(23)27-22-11-10-17-8-9-19(12-20(17)13-22)16-4-2-1-3-5-16/h1-5,8-15,18H,6-7H2,(H,26,27)(H,28,29). The molecule has 0 radical (unpaired) electrons. The first kappa shape index (κ1) is 17.4. The molecule has 0 spiro atoms. The van der Waals surface area contributed by atoms with Crippen LogP contribution in [0.5, 0.6) is 0 Å². The predicted octanol–water partition coefficient (Wildman–Crippen LogP) is 6.22. The molecule has 1 aromatic heterocycles. The number of aromatic nitrogens is 1. The van der Waals surface area contributed by atoms with Gasteiger partial charge in [0.25, 0.3) is 0 Å². The van der Waals surface area contributed by atoms with Gasteiger partial charge in [-0.2, -0.15) is 0 Å². The number of nitrogens with one attached hydrogen (secondary N) is 1. The van der Waals surface area contributed by atoms with E-state index in [0.717, 1.165) is 40.4 Å². The average molecular weight is 380 g/mol. The summed E-state index contributed by atoms with van der Waals surface area (Å²) in [6.45, 7) is 0. The molecule has 1 heterocycles. The Morgan fingerprint density at radius 1 is 0.897 bits per heavy atom. The average Bonchev–Trinajstić information content (AvgIpc) is 3.59. The van der Waals surface area contributed by atoms with Crippen LogP contribution in [-0.4, -0.2) is 16.1 Å². The number of rotatable bonds is 5. The molecule has 0 saturated heterocycles. The van der Waals surface area contributed by atoms with E-state index in [2.05, 4.69) is 40.6 Å². The predicted molar refractivity (Wildman–Crippen MR) is 116 cm³/mol. The highest BCUT2D eigenvalue weighted by Gasteiger charge is 2.25. The summed E-state index contributed by atoms with van der Waals surface area (Å²) in [5.74, 6) is -0.123. The first-order valence-electron chi connectivity index (χ1n) is 9.77. The summed E-state index contributed by atoms with van der Waals surface area (Å²) < 4.78 is 0. The summed E-state index contributed by atoms with van der Waals surface area (Å²) in [6, 6.07) is 24.4. The molecule has 1 aliphatic carbocycles. The van der Waals surface area contributed by atoms with Crippen LogP contribution in [0.1, 0.15) is 34.7 Å². The molecule has 0 atom stereocenters. The Kier molecular flexibility index (Phi) is 4.24. The molecule has 142 valence electrons. The zero-order chi connectivity index (χ0) is 19.8. The fraction of sp³-hybridized carbons (Fsp3) is 0.120. The molecule has 2 N–H and O–H groups in total. The lowest BCUT2D eigenvalue weighted by Crippen LogP contribution is -2.06. The Hall–Kier alpha value is -3.66. The Morgan fingerprint density at radius 2 is 1.69 bits per heavy atom. The summed E-state index contributed by atoms with van der Waals surface area (Å²) >= 11 is 0. The topological polar surface area (TPSA) is 62.2 Å². The number of carbonyl (C=O) groups is 1. The van der Waals surface area contributed by atoms with Crippen LogP contribution in [0.15, 0.2) is 79.0 Å². The van der Waals surface area contributed by atoms with Gasteiger partial charge in [0.1, 0.15) is 11.4 Å². The van der Waals surface area contributed by atoms with Crippen molar-refractivity contribution < 1.29 is 9.90 Å². The Morgan fingerprint density at radius 3 is 2.45 bits per heavy atom. The van der Waals surface area contributed by atoms with Gasteiger partial charge in [-0.25, -0.2) is 9.78 Å². The minimum atomic E-state index is -0.963. The van der Waals surface area contributed by atoms with Crippen molar-refractivity contribution in [1.29, 1.82) is 0 Å². The van der Waals surface area contributed by atoms with Crippen LogP contribution in [0.2, 0.25) is 0 Å². The van der Waals surface area contributed by atoms with Gasteiger partial charge in [-0.1, -0.05) is 48.5 Å². The molecule has 1 fully saturated rings. The zero-order valence-electron chi connectivity index (χ0n) is 15.8. The summed E-state index contributed by atoms with van der Waals surface area (Å²) in [4.78, 5) is 16.2. The quantitative estimate of drug-likeness (QED) is 0.431. The van der Waals surface area contributed by atoms with E-state index < -0.39 is 5.97 Å². The maximum atomic E-state index is 11.7. The van der Waals surface area contributed by atoms with Gasteiger partial charge in [-0.05, 0) is 70.5 Å². The zero-order valence-corrected chi connectivity index (χ0v) is 15.8. The molecule has 5 rings (SSSR count). The van der Waals surface area contributed by atoms with Gasteiger partial charge < -0.3 is 10.4 Å². The molecule has 1 saturated carbocycles. The first-order chi connectivity index (χ1) is 14.2. The second-order valence-electron chi connectivity index (χ2n) is 7.51. The van der Waals surface area contributed by atoms with Crippen LogP contribution in [0, 0.1) is 0 Å². The second-order valence-corrected chi connectivity index (χ2v) is 7.51. The van der Waals surface area contributed by atoms with Crippen molar-refractivity contribution in [2.45, 2.75) is 18.8 Å².